The monoisotopic (exact) mass is 429 g/mol. The summed E-state index contributed by atoms with van der Waals surface area (Å²) in [5.41, 5.74) is 3.62. The lowest BCUT2D eigenvalue weighted by Crippen LogP contribution is -2.34. The van der Waals surface area contributed by atoms with Crippen LogP contribution in [0.5, 0.6) is 0 Å². The van der Waals surface area contributed by atoms with E-state index in [4.69, 9.17) is 4.98 Å². The summed E-state index contributed by atoms with van der Waals surface area (Å²) in [6.07, 6.45) is 0.195. The number of hydrogen-bond acceptors (Lipinski definition) is 4. The van der Waals surface area contributed by atoms with Crippen LogP contribution >= 0.6 is 11.3 Å². The number of hydrogen-bond donors (Lipinski definition) is 1. The first-order chi connectivity index (χ1) is 15.1. The summed E-state index contributed by atoms with van der Waals surface area (Å²) < 4.78 is 1.05. The Morgan fingerprint density at radius 3 is 2.35 bits per heavy atom. The largest absolute Gasteiger partial charge is 0.352 e. The number of thiazole rings is 1. The first-order valence-corrected chi connectivity index (χ1v) is 11.0. The molecule has 1 heterocycles. The molecule has 0 aliphatic heterocycles. The molecule has 0 spiro atoms. The molecule has 0 unspecified atom stereocenters. The van der Waals surface area contributed by atoms with Gasteiger partial charge in [0, 0.05) is 18.5 Å². The molecule has 2 amide bonds. The van der Waals surface area contributed by atoms with Crippen molar-refractivity contribution in [3.63, 3.8) is 0 Å². The van der Waals surface area contributed by atoms with Crippen molar-refractivity contribution in [3.8, 4) is 0 Å². The SMILES string of the molecule is Cc1cccc2sc(N(Cc3ccccc3)C(=O)CCNC(=O)c3ccccc3)nc12. The highest BCUT2D eigenvalue weighted by atomic mass is 32.1. The summed E-state index contributed by atoms with van der Waals surface area (Å²) in [5.74, 6) is -0.257. The Labute approximate surface area is 185 Å². The predicted octanol–water partition coefficient (Wildman–Crippen LogP) is 4.96. The lowest BCUT2D eigenvalue weighted by atomic mass is 10.2. The second-order valence-corrected chi connectivity index (χ2v) is 8.26. The molecule has 0 fully saturated rings. The zero-order valence-electron chi connectivity index (χ0n) is 17.2. The van der Waals surface area contributed by atoms with E-state index in [0.29, 0.717) is 17.2 Å². The first-order valence-electron chi connectivity index (χ1n) is 10.2. The molecule has 4 aromatic rings. The fraction of sp³-hybridized carbons (Fsp3) is 0.160. The van der Waals surface area contributed by atoms with E-state index in [2.05, 4.69) is 5.32 Å². The van der Waals surface area contributed by atoms with Crippen molar-refractivity contribution < 1.29 is 9.59 Å². The van der Waals surface area contributed by atoms with E-state index in [1.807, 2.05) is 73.7 Å². The number of anilines is 1. The molecule has 156 valence electrons. The fourth-order valence-corrected chi connectivity index (χ4v) is 4.39. The minimum Gasteiger partial charge on any atom is -0.352 e. The number of carbonyl (C=O) groups excluding carboxylic acids is 2. The quantitative estimate of drug-likeness (QED) is 0.452. The lowest BCUT2D eigenvalue weighted by molar-refractivity contribution is -0.118. The van der Waals surface area contributed by atoms with Crippen LogP contribution in [0.25, 0.3) is 10.2 Å². The Bertz CT molecular complexity index is 1190. The van der Waals surface area contributed by atoms with Gasteiger partial charge in [0.1, 0.15) is 0 Å². The summed E-state index contributed by atoms with van der Waals surface area (Å²) in [4.78, 5) is 31.9. The van der Waals surface area contributed by atoms with Gasteiger partial charge in [0.2, 0.25) is 5.91 Å². The molecule has 0 atom stereocenters. The number of para-hydroxylation sites is 1. The molecule has 3 aromatic carbocycles. The van der Waals surface area contributed by atoms with Crippen molar-refractivity contribution in [2.75, 3.05) is 11.4 Å². The molecule has 5 nitrogen and oxygen atoms in total. The van der Waals surface area contributed by atoms with Crippen molar-refractivity contribution >= 4 is 38.5 Å². The average Bonchev–Trinajstić information content (AvgIpc) is 3.24. The lowest BCUT2D eigenvalue weighted by Gasteiger charge is -2.20. The third-order valence-corrected chi connectivity index (χ3v) is 6.03. The van der Waals surface area contributed by atoms with Crippen molar-refractivity contribution in [2.45, 2.75) is 19.9 Å². The zero-order valence-corrected chi connectivity index (χ0v) is 18.1. The summed E-state index contributed by atoms with van der Waals surface area (Å²) in [7, 11) is 0. The summed E-state index contributed by atoms with van der Waals surface area (Å²) in [5, 5.41) is 3.51. The van der Waals surface area contributed by atoms with Crippen LogP contribution in [0, 0.1) is 6.92 Å². The van der Waals surface area contributed by atoms with Crippen molar-refractivity contribution in [1.82, 2.24) is 10.3 Å². The second-order valence-electron chi connectivity index (χ2n) is 7.26. The smallest absolute Gasteiger partial charge is 0.251 e. The summed E-state index contributed by atoms with van der Waals surface area (Å²) >= 11 is 1.51. The third kappa shape index (κ3) is 4.98. The van der Waals surface area contributed by atoms with Gasteiger partial charge in [0.25, 0.3) is 5.91 Å². The van der Waals surface area contributed by atoms with E-state index in [1.54, 1.807) is 17.0 Å². The predicted molar refractivity (Wildman–Crippen MR) is 125 cm³/mol. The topological polar surface area (TPSA) is 62.3 Å². The van der Waals surface area contributed by atoms with Crippen LogP contribution in [-0.2, 0) is 11.3 Å². The summed E-state index contributed by atoms with van der Waals surface area (Å²) in [6, 6.07) is 24.9. The van der Waals surface area contributed by atoms with Gasteiger partial charge in [-0.3, -0.25) is 14.5 Å². The van der Waals surface area contributed by atoms with E-state index >= 15 is 0 Å². The number of aryl methyl sites for hydroxylation is 1. The van der Waals surface area contributed by atoms with E-state index in [1.165, 1.54) is 11.3 Å². The molecular formula is C25H23N3O2S. The average molecular weight is 430 g/mol. The molecule has 31 heavy (non-hydrogen) atoms. The second kappa shape index (κ2) is 9.53. The third-order valence-electron chi connectivity index (χ3n) is 4.99. The number of nitrogens with zero attached hydrogens (tertiary/aromatic N) is 2. The van der Waals surface area contributed by atoms with Crippen LogP contribution < -0.4 is 10.2 Å². The molecule has 0 saturated carbocycles. The number of rotatable bonds is 7. The molecule has 4 rings (SSSR count). The van der Waals surface area contributed by atoms with Gasteiger partial charge in [-0.1, -0.05) is 72.0 Å². The Hall–Kier alpha value is -3.51. The van der Waals surface area contributed by atoms with E-state index in [9.17, 15) is 9.59 Å². The highest BCUT2D eigenvalue weighted by molar-refractivity contribution is 7.22. The van der Waals surface area contributed by atoms with Gasteiger partial charge in [-0.15, -0.1) is 0 Å². The summed E-state index contributed by atoms with van der Waals surface area (Å²) in [6.45, 7) is 2.72. The standard InChI is InChI=1S/C25H23N3O2S/c1-18-9-8-14-21-23(18)27-25(31-21)28(17-19-10-4-2-5-11-19)22(29)15-16-26-24(30)20-12-6-3-7-13-20/h2-14H,15-17H2,1H3,(H,26,30). The maximum atomic E-state index is 13.2. The van der Waals surface area contributed by atoms with Gasteiger partial charge < -0.3 is 5.32 Å². The maximum Gasteiger partial charge on any atom is 0.251 e. The molecule has 1 aromatic heterocycles. The van der Waals surface area contributed by atoms with Crippen LogP contribution in [0.15, 0.2) is 78.9 Å². The van der Waals surface area contributed by atoms with Crippen LogP contribution in [0.1, 0.15) is 27.9 Å². The van der Waals surface area contributed by atoms with Crippen LogP contribution in [0.3, 0.4) is 0 Å². The number of benzene rings is 3. The number of aromatic nitrogens is 1. The molecular weight excluding hydrogens is 406 g/mol. The normalized spacial score (nSPS) is 10.7. The first kappa shape index (κ1) is 20.8. The van der Waals surface area contributed by atoms with Crippen molar-refractivity contribution in [2.24, 2.45) is 0 Å². The molecule has 0 aliphatic carbocycles. The van der Waals surface area contributed by atoms with Gasteiger partial charge in [-0.05, 0) is 36.2 Å². The Morgan fingerprint density at radius 1 is 0.935 bits per heavy atom. The maximum absolute atomic E-state index is 13.2. The van der Waals surface area contributed by atoms with E-state index in [-0.39, 0.29) is 24.8 Å². The van der Waals surface area contributed by atoms with Crippen molar-refractivity contribution in [3.05, 3.63) is 95.6 Å². The molecule has 0 saturated heterocycles. The minimum atomic E-state index is -0.182. The molecule has 0 bridgehead atoms. The highest BCUT2D eigenvalue weighted by Gasteiger charge is 2.20. The molecule has 1 N–H and O–H groups in total. The Morgan fingerprint density at radius 2 is 1.65 bits per heavy atom. The number of amides is 2. The van der Waals surface area contributed by atoms with Gasteiger partial charge in [-0.25, -0.2) is 4.98 Å². The van der Waals surface area contributed by atoms with Crippen LogP contribution in [0.4, 0.5) is 5.13 Å². The fourth-order valence-electron chi connectivity index (χ4n) is 3.33. The Balaban J connectivity index is 1.51. The Kier molecular flexibility index (Phi) is 6.38. The van der Waals surface area contributed by atoms with E-state index < -0.39 is 0 Å². The van der Waals surface area contributed by atoms with Crippen LogP contribution in [-0.4, -0.2) is 23.3 Å². The van der Waals surface area contributed by atoms with Gasteiger partial charge in [0.05, 0.1) is 16.8 Å². The number of nitrogens with one attached hydrogen (secondary N) is 1. The zero-order chi connectivity index (χ0) is 21.6. The minimum absolute atomic E-state index is 0.0751. The van der Waals surface area contributed by atoms with Gasteiger partial charge >= 0.3 is 0 Å². The van der Waals surface area contributed by atoms with Crippen LogP contribution in [0.2, 0.25) is 0 Å². The number of carbonyl (C=O) groups is 2. The van der Waals surface area contributed by atoms with Crippen molar-refractivity contribution in [1.29, 1.82) is 0 Å². The molecule has 0 aliphatic rings. The van der Waals surface area contributed by atoms with Gasteiger partial charge in [-0.2, -0.15) is 0 Å². The molecule has 0 radical (unpaired) electrons. The van der Waals surface area contributed by atoms with E-state index in [0.717, 1.165) is 21.3 Å². The highest BCUT2D eigenvalue weighted by Crippen LogP contribution is 2.31. The van der Waals surface area contributed by atoms with Gasteiger partial charge in [0.15, 0.2) is 5.13 Å². The number of fused-ring (bicyclic) bond motifs is 1. The molecule has 6 heteroatoms.